The fraction of sp³-hybridized carbons (Fsp3) is 0.357. The number of nitrogens with one attached hydrogen (secondary N) is 2. The lowest BCUT2D eigenvalue weighted by atomic mass is 10.2. The van der Waals surface area contributed by atoms with E-state index in [4.69, 9.17) is 0 Å². The van der Waals surface area contributed by atoms with E-state index in [1.54, 1.807) is 30.6 Å². The molecule has 0 unspecified atom stereocenters. The van der Waals surface area contributed by atoms with E-state index < -0.39 is 10.0 Å². The number of rotatable bonds is 7. The largest absolute Gasteiger partial charge is 0.315 e. The Hall–Kier alpha value is -1.21. The smallest absolute Gasteiger partial charge is 0.241 e. The van der Waals surface area contributed by atoms with Crippen LogP contribution in [0.15, 0.2) is 41.6 Å². The molecule has 1 aromatic carbocycles. The van der Waals surface area contributed by atoms with Gasteiger partial charge in [0.25, 0.3) is 0 Å². The third-order valence-electron chi connectivity index (χ3n) is 2.95. The summed E-state index contributed by atoms with van der Waals surface area (Å²) in [6.07, 6.45) is 4.30. The highest BCUT2D eigenvalue weighted by Gasteiger charge is 2.16. The highest BCUT2D eigenvalue weighted by Crippen LogP contribution is 2.21. The van der Waals surface area contributed by atoms with Crippen LogP contribution in [0.3, 0.4) is 0 Å². The summed E-state index contributed by atoms with van der Waals surface area (Å²) in [5.74, 6) is 0. The molecular weight excluding hydrogens is 310 g/mol. The van der Waals surface area contributed by atoms with Crippen LogP contribution in [0.2, 0.25) is 0 Å². The molecule has 7 heteroatoms. The summed E-state index contributed by atoms with van der Waals surface area (Å²) in [4.78, 5) is 4.31. The molecule has 2 rings (SSSR count). The molecule has 0 saturated heterocycles. The van der Waals surface area contributed by atoms with Crippen molar-refractivity contribution in [3.63, 3.8) is 0 Å². The van der Waals surface area contributed by atoms with Crippen LogP contribution in [0.25, 0.3) is 10.8 Å². The van der Waals surface area contributed by atoms with Crippen LogP contribution >= 0.6 is 12.4 Å². The van der Waals surface area contributed by atoms with Gasteiger partial charge in [-0.15, -0.1) is 12.4 Å². The summed E-state index contributed by atoms with van der Waals surface area (Å²) in [7, 11) is -3.49. The number of hydrogen-bond donors (Lipinski definition) is 2. The molecule has 1 aromatic heterocycles. The van der Waals surface area contributed by atoms with Gasteiger partial charge in [-0.05, 0) is 25.1 Å². The highest BCUT2D eigenvalue weighted by atomic mass is 35.5. The van der Waals surface area contributed by atoms with E-state index in [1.165, 1.54) is 0 Å². The molecule has 5 nitrogen and oxygen atoms in total. The van der Waals surface area contributed by atoms with Gasteiger partial charge in [0.1, 0.15) is 0 Å². The highest BCUT2D eigenvalue weighted by molar-refractivity contribution is 7.89. The fourth-order valence-electron chi connectivity index (χ4n) is 1.98. The van der Waals surface area contributed by atoms with Crippen LogP contribution in [-0.4, -0.2) is 33.0 Å². The third kappa shape index (κ3) is 4.64. The lowest BCUT2D eigenvalue weighted by Crippen LogP contribution is -2.32. The van der Waals surface area contributed by atoms with Crippen molar-refractivity contribution in [2.75, 3.05) is 19.6 Å². The molecule has 0 amide bonds. The van der Waals surface area contributed by atoms with Crippen molar-refractivity contribution in [1.82, 2.24) is 15.0 Å². The minimum Gasteiger partial charge on any atom is -0.315 e. The van der Waals surface area contributed by atoms with Gasteiger partial charge < -0.3 is 5.32 Å². The van der Waals surface area contributed by atoms with Crippen molar-refractivity contribution >= 4 is 33.2 Å². The van der Waals surface area contributed by atoms with Crippen molar-refractivity contribution in [2.24, 2.45) is 0 Å². The average Bonchev–Trinajstić information content (AvgIpc) is 2.46. The summed E-state index contributed by atoms with van der Waals surface area (Å²) in [5, 5.41) is 4.67. The first kappa shape index (κ1) is 17.8. The number of fused-ring (bicyclic) bond motifs is 1. The molecule has 0 saturated carbocycles. The molecule has 0 radical (unpaired) electrons. The molecule has 2 aromatic rings. The van der Waals surface area contributed by atoms with Crippen molar-refractivity contribution in [2.45, 2.75) is 18.2 Å². The van der Waals surface area contributed by atoms with Gasteiger partial charge in [-0.1, -0.05) is 19.1 Å². The van der Waals surface area contributed by atoms with Gasteiger partial charge >= 0.3 is 0 Å². The average molecular weight is 330 g/mol. The molecule has 0 aliphatic carbocycles. The van der Waals surface area contributed by atoms with Crippen LogP contribution in [0.5, 0.6) is 0 Å². The van der Waals surface area contributed by atoms with E-state index in [2.05, 4.69) is 21.9 Å². The van der Waals surface area contributed by atoms with Crippen molar-refractivity contribution in [3.05, 3.63) is 36.7 Å². The lowest BCUT2D eigenvalue weighted by Gasteiger charge is -2.09. The van der Waals surface area contributed by atoms with Crippen molar-refractivity contribution in [1.29, 1.82) is 0 Å². The molecule has 2 N–H and O–H groups in total. The van der Waals surface area contributed by atoms with Gasteiger partial charge in [0.15, 0.2) is 0 Å². The maximum Gasteiger partial charge on any atom is 0.241 e. The third-order valence-corrected chi connectivity index (χ3v) is 4.47. The van der Waals surface area contributed by atoms with Crippen LogP contribution in [0.1, 0.15) is 13.3 Å². The maximum atomic E-state index is 12.3. The van der Waals surface area contributed by atoms with E-state index in [-0.39, 0.29) is 12.4 Å². The fourth-order valence-corrected chi connectivity index (χ4v) is 3.24. The minimum atomic E-state index is -3.49. The summed E-state index contributed by atoms with van der Waals surface area (Å²) in [6.45, 7) is 3.96. The number of aromatic nitrogens is 1. The van der Waals surface area contributed by atoms with Gasteiger partial charge in [0.2, 0.25) is 10.0 Å². The molecule has 116 valence electrons. The Morgan fingerprint density at radius 3 is 2.71 bits per heavy atom. The molecule has 0 aliphatic heterocycles. The second kappa shape index (κ2) is 8.29. The first-order chi connectivity index (χ1) is 9.65. The first-order valence-corrected chi connectivity index (χ1v) is 8.16. The van der Waals surface area contributed by atoms with Crippen molar-refractivity contribution < 1.29 is 8.42 Å². The van der Waals surface area contributed by atoms with Crippen LogP contribution < -0.4 is 10.0 Å². The Bertz CT molecular complexity index is 671. The van der Waals surface area contributed by atoms with E-state index >= 15 is 0 Å². The predicted molar refractivity (Wildman–Crippen MR) is 87.3 cm³/mol. The Labute approximate surface area is 131 Å². The quantitative estimate of drug-likeness (QED) is 0.761. The Morgan fingerprint density at radius 1 is 1.14 bits per heavy atom. The van der Waals surface area contributed by atoms with Gasteiger partial charge in [-0.3, -0.25) is 4.98 Å². The monoisotopic (exact) mass is 329 g/mol. The Morgan fingerprint density at radius 2 is 1.95 bits per heavy atom. The number of sulfonamides is 1. The Balaban J connectivity index is 0.00000220. The van der Waals surface area contributed by atoms with Crippen molar-refractivity contribution in [3.8, 4) is 0 Å². The molecule has 0 atom stereocenters. The molecule has 21 heavy (non-hydrogen) atoms. The van der Waals surface area contributed by atoms with Gasteiger partial charge in [-0.25, -0.2) is 13.1 Å². The zero-order chi connectivity index (χ0) is 14.4. The van der Waals surface area contributed by atoms with Crippen LogP contribution in [0, 0.1) is 0 Å². The second-order valence-corrected chi connectivity index (χ2v) is 6.24. The molecule has 0 spiro atoms. The van der Waals surface area contributed by atoms with E-state index in [0.717, 1.165) is 18.4 Å². The number of hydrogen-bond acceptors (Lipinski definition) is 4. The number of pyridine rings is 1. The SMILES string of the molecule is CCCNCCNS(=O)(=O)c1cccc2cnccc12.Cl. The normalized spacial score (nSPS) is 11.3. The lowest BCUT2D eigenvalue weighted by molar-refractivity contribution is 0.576. The second-order valence-electron chi connectivity index (χ2n) is 4.50. The zero-order valence-corrected chi connectivity index (χ0v) is 13.5. The summed E-state index contributed by atoms with van der Waals surface area (Å²) in [5.41, 5.74) is 0. The molecule has 0 aliphatic rings. The van der Waals surface area contributed by atoms with E-state index in [1.807, 2.05) is 6.07 Å². The first-order valence-electron chi connectivity index (χ1n) is 6.68. The van der Waals surface area contributed by atoms with E-state index in [9.17, 15) is 8.42 Å². The van der Waals surface area contributed by atoms with Crippen LogP contribution in [-0.2, 0) is 10.0 Å². The number of halogens is 1. The van der Waals surface area contributed by atoms with Gasteiger partial charge in [0.05, 0.1) is 4.90 Å². The molecule has 0 bridgehead atoms. The van der Waals surface area contributed by atoms with Gasteiger partial charge in [-0.2, -0.15) is 0 Å². The molecule has 1 heterocycles. The summed E-state index contributed by atoms with van der Waals surface area (Å²) < 4.78 is 27.3. The molecular formula is C14H20ClN3O2S. The van der Waals surface area contributed by atoms with E-state index in [0.29, 0.717) is 23.4 Å². The number of nitrogens with zero attached hydrogens (tertiary/aromatic N) is 1. The molecule has 0 fully saturated rings. The predicted octanol–water partition coefficient (Wildman–Crippen LogP) is 1.93. The topological polar surface area (TPSA) is 71.1 Å². The number of benzene rings is 1. The maximum absolute atomic E-state index is 12.3. The van der Waals surface area contributed by atoms with Crippen LogP contribution in [0.4, 0.5) is 0 Å². The summed E-state index contributed by atoms with van der Waals surface area (Å²) in [6, 6.07) is 6.92. The zero-order valence-electron chi connectivity index (χ0n) is 11.9. The summed E-state index contributed by atoms with van der Waals surface area (Å²) >= 11 is 0. The standard InChI is InChI=1S/C14H19N3O2S.ClH/c1-2-7-15-9-10-17-20(18,19)14-5-3-4-12-11-16-8-6-13(12)14;/h3-6,8,11,15,17H,2,7,9-10H2,1H3;1H. The Kier molecular flexibility index (Phi) is 7.04. The van der Waals surface area contributed by atoms with Gasteiger partial charge in [0, 0.05) is 36.3 Å². The minimum absolute atomic E-state index is 0.